The second-order valence-electron chi connectivity index (χ2n) is 6.87. The Morgan fingerprint density at radius 3 is 2.46 bits per heavy atom. The molecule has 0 bridgehead atoms. The molecule has 1 atom stereocenters. The number of carbonyl (C=O) groups is 1. The summed E-state index contributed by atoms with van der Waals surface area (Å²) in [5.41, 5.74) is 3.00. The molecule has 0 saturated heterocycles. The molecule has 0 aliphatic heterocycles. The number of nitrogens with one attached hydrogen (secondary N) is 1. The van der Waals surface area contributed by atoms with Crippen molar-refractivity contribution >= 4 is 5.91 Å². The van der Waals surface area contributed by atoms with Crippen LogP contribution in [0.25, 0.3) is 0 Å². The van der Waals surface area contributed by atoms with E-state index >= 15 is 0 Å². The quantitative estimate of drug-likeness (QED) is 0.676. The number of imidazole rings is 1. The predicted molar refractivity (Wildman–Crippen MR) is 106 cm³/mol. The molecule has 1 amide bonds. The first kappa shape index (κ1) is 19.6. The minimum atomic E-state index is -0.464. The van der Waals surface area contributed by atoms with E-state index in [-0.39, 0.29) is 24.8 Å². The third-order valence-corrected chi connectivity index (χ3v) is 4.42. The van der Waals surface area contributed by atoms with Crippen molar-refractivity contribution in [2.45, 2.75) is 26.3 Å². The maximum Gasteiger partial charge on any atom is 0.224 e. The Morgan fingerprint density at radius 2 is 1.86 bits per heavy atom. The first-order valence-electron chi connectivity index (χ1n) is 9.15. The monoisotopic (exact) mass is 381 g/mol. The van der Waals surface area contributed by atoms with Gasteiger partial charge in [0.05, 0.1) is 13.0 Å². The lowest BCUT2D eigenvalue weighted by atomic mass is 10.1. The number of hydrogen-bond acceptors (Lipinski definition) is 3. The van der Waals surface area contributed by atoms with Crippen LogP contribution in [0.5, 0.6) is 5.75 Å². The van der Waals surface area contributed by atoms with E-state index in [0.29, 0.717) is 5.82 Å². The Kier molecular flexibility index (Phi) is 6.09. The van der Waals surface area contributed by atoms with Gasteiger partial charge in [-0.3, -0.25) is 4.79 Å². The van der Waals surface area contributed by atoms with Crippen LogP contribution in [0, 0.1) is 19.7 Å². The van der Waals surface area contributed by atoms with Crippen molar-refractivity contribution in [1.29, 1.82) is 0 Å². The summed E-state index contributed by atoms with van der Waals surface area (Å²) in [6.45, 7) is 4.28. The van der Waals surface area contributed by atoms with Crippen LogP contribution in [0.4, 0.5) is 4.39 Å². The molecule has 0 aliphatic rings. The Hall–Kier alpha value is -3.15. The lowest BCUT2D eigenvalue weighted by molar-refractivity contribution is -0.122. The average Bonchev–Trinajstić information content (AvgIpc) is 3.05. The lowest BCUT2D eigenvalue weighted by Gasteiger charge is -2.19. The minimum Gasteiger partial charge on any atom is -0.493 e. The van der Waals surface area contributed by atoms with Crippen molar-refractivity contribution in [3.8, 4) is 5.75 Å². The summed E-state index contributed by atoms with van der Waals surface area (Å²) in [6.07, 6.45) is 3.68. The number of carbonyl (C=O) groups excluding carboxylic acids is 1. The highest BCUT2D eigenvalue weighted by Crippen LogP contribution is 2.21. The Labute approximate surface area is 164 Å². The summed E-state index contributed by atoms with van der Waals surface area (Å²) in [5.74, 6) is 0.942. The number of rotatable bonds is 7. The van der Waals surface area contributed by atoms with E-state index in [9.17, 15) is 9.18 Å². The highest BCUT2D eigenvalue weighted by molar-refractivity contribution is 5.77. The zero-order valence-electron chi connectivity index (χ0n) is 16.3. The van der Waals surface area contributed by atoms with Crippen LogP contribution in [0.1, 0.15) is 35.0 Å². The molecule has 0 unspecified atom stereocenters. The zero-order valence-corrected chi connectivity index (χ0v) is 16.3. The molecule has 28 heavy (non-hydrogen) atoms. The molecular weight excluding hydrogens is 357 g/mol. The van der Waals surface area contributed by atoms with E-state index in [4.69, 9.17) is 4.74 Å². The van der Waals surface area contributed by atoms with Crippen molar-refractivity contribution in [3.63, 3.8) is 0 Å². The molecule has 1 aromatic heterocycles. The third-order valence-electron chi connectivity index (χ3n) is 4.42. The molecule has 0 saturated carbocycles. The molecule has 2 aromatic carbocycles. The molecule has 3 aromatic rings. The molecule has 0 fully saturated rings. The topological polar surface area (TPSA) is 56.1 Å². The second kappa shape index (κ2) is 8.69. The Morgan fingerprint density at radius 1 is 1.18 bits per heavy atom. The molecular formula is C22H24FN3O2. The molecule has 1 N–H and O–H groups in total. The van der Waals surface area contributed by atoms with Gasteiger partial charge in [0.1, 0.15) is 23.4 Å². The van der Waals surface area contributed by atoms with E-state index in [0.717, 1.165) is 22.4 Å². The van der Waals surface area contributed by atoms with Crippen LogP contribution in [-0.4, -0.2) is 22.1 Å². The van der Waals surface area contributed by atoms with Gasteiger partial charge in [-0.25, -0.2) is 9.37 Å². The smallest absolute Gasteiger partial charge is 0.224 e. The van der Waals surface area contributed by atoms with Crippen LogP contribution in [0.3, 0.4) is 0 Å². The van der Waals surface area contributed by atoms with Gasteiger partial charge in [0.2, 0.25) is 5.91 Å². The highest BCUT2D eigenvalue weighted by atomic mass is 19.1. The van der Waals surface area contributed by atoms with Crippen molar-refractivity contribution in [3.05, 3.63) is 83.2 Å². The average molecular weight is 381 g/mol. The summed E-state index contributed by atoms with van der Waals surface area (Å²) in [7, 11) is 1.86. The van der Waals surface area contributed by atoms with E-state index in [1.807, 2.05) is 37.6 Å². The molecule has 0 radical (unpaired) electrons. The van der Waals surface area contributed by atoms with Crippen molar-refractivity contribution < 1.29 is 13.9 Å². The van der Waals surface area contributed by atoms with Crippen LogP contribution in [0.2, 0.25) is 0 Å². The normalized spacial score (nSPS) is 11.9. The number of amides is 1. The Bertz CT molecular complexity index is 930. The maximum absolute atomic E-state index is 13.3. The fourth-order valence-corrected chi connectivity index (χ4v) is 3.12. The van der Waals surface area contributed by atoms with Gasteiger partial charge in [-0.2, -0.15) is 0 Å². The van der Waals surface area contributed by atoms with Crippen molar-refractivity contribution in [2.24, 2.45) is 7.05 Å². The lowest BCUT2D eigenvalue weighted by Crippen LogP contribution is -2.32. The summed E-state index contributed by atoms with van der Waals surface area (Å²) in [5, 5.41) is 2.98. The zero-order chi connectivity index (χ0) is 20.1. The van der Waals surface area contributed by atoms with Crippen LogP contribution in [0.15, 0.2) is 54.9 Å². The minimum absolute atomic E-state index is 0.165. The van der Waals surface area contributed by atoms with E-state index in [1.165, 1.54) is 12.1 Å². The van der Waals surface area contributed by atoms with Gasteiger partial charge >= 0.3 is 0 Å². The van der Waals surface area contributed by atoms with E-state index in [1.54, 1.807) is 24.5 Å². The molecule has 146 valence electrons. The van der Waals surface area contributed by atoms with Crippen LogP contribution in [-0.2, 0) is 11.8 Å². The van der Waals surface area contributed by atoms with E-state index < -0.39 is 6.04 Å². The highest BCUT2D eigenvalue weighted by Gasteiger charge is 2.20. The number of ether oxygens (including phenoxy) is 1. The number of aryl methyl sites for hydroxylation is 3. The summed E-state index contributed by atoms with van der Waals surface area (Å²) in [4.78, 5) is 16.9. The summed E-state index contributed by atoms with van der Waals surface area (Å²) >= 11 is 0. The number of benzene rings is 2. The largest absolute Gasteiger partial charge is 0.493 e. The SMILES string of the molecule is Cc1cc(C)cc(OCCC(=O)N[C@H](c2ccc(F)cc2)c2nccn2C)c1. The van der Waals surface area contributed by atoms with Crippen LogP contribution >= 0.6 is 0 Å². The number of halogens is 1. The van der Waals surface area contributed by atoms with Gasteiger partial charge in [0.15, 0.2) is 0 Å². The van der Waals surface area contributed by atoms with Gasteiger partial charge in [0, 0.05) is 19.4 Å². The first-order valence-corrected chi connectivity index (χ1v) is 9.15. The molecule has 3 rings (SSSR count). The molecule has 6 heteroatoms. The summed E-state index contributed by atoms with van der Waals surface area (Å²) < 4.78 is 20.9. The fraction of sp³-hybridized carbons (Fsp3) is 0.273. The number of aromatic nitrogens is 2. The number of nitrogens with zero attached hydrogens (tertiary/aromatic N) is 2. The summed E-state index contributed by atoms with van der Waals surface area (Å²) in [6, 6.07) is 11.6. The van der Waals surface area contributed by atoms with Crippen LogP contribution < -0.4 is 10.1 Å². The van der Waals surface area contributed by atoms with Gasteiger partial charge < -0.3 is 14.6 Å². The first-order chi connectivity index (χ1) is 13.4. The Balaban J connectivity index is 1.66. The molecule has 1 heterocycles. The third kappa shape index (κ3) is 4.97. The molecule has 0 spiro atoms. The van der Waals surface area contributed by atoms with Gasteiger partial charge in [-0.05, 0) is 54.8 Å². The predicted octanol–water partition coefficient (Wildman–Crippen LogP) is 3.85. The molecule has 5 nitrogen and oxygen atoms in total. The van der Waals surface area contributed by atoms with Crippen molar-refractivity contribution in [2.75, 3.05) is 6.61 Å². The van der Waals surface area contributed by atoms with Gasteiger partial charge in [-0.15, -0.1) is 0 Å². The molecule has 0 aliphatic carbocycles. The fourth-order valence-electron chi connectivity index (χ4n) is 3.12. The van der Waals surface area contributed by atoms with Gasteiger partial charge in [-0.1, -0.05) is 18.2 Å². The maximum atomic E-state index is 13.3. The number of hydrogen-bond donors (Lipinski definition) is 1. The second-order valence-corrected chi connectivity index (χ2v) is 6.87. The van der Waals surface area contributed by atoms with Crippen molar-refractivity contribution in [1.82, 2.24) is 14.9 Å². The standard InChI is InChI=1S/C22H24FN3O2/c1-15-12-16(2)14-19(13-15)28-11-8-20(27)25-21(22-24-9-10-26(22)3)17-4-6-18(23)7-5-17/h4-7,9-10,12-14,21H,8,11H2,1-3H3,(H,25,27)/t21-/m1/s1. The van der Waals surface area contributed by atoms with Gasteiger partial charge in [0.25, 0.3) is 0 Å². The van der Waals surface area contributed by atoms with E-state index in [2.05, 4.69) is 16.4 Å².